The topological polar surface area (TPSA) is 29.4 Å². The van der Waals surface area contributed by atoms with E-state index >= 15 is 0 Å². The number of nitrogens with zero attached hydrogens (tertiary/aromatic N) is 1. The Balaban J connectivity index is 2.89. The van der Waals surface area contributed by atoms with E-state index in [-0.39, 0.29) is 5.91 Å². The Bertz CT molecular complexity index is 213. The van der Waals surface area contributed by atoms with Gasteiger partial charge in [-0.3, -0.25) is 4.79 Å². The minimum atomic E-state index is -0.0498. The van der Waals surface area contributed by atoms with Gasteiger partial charge in [0.1, 0.15) is 0 Å². The van der Waals surface area contributed by atoms with Gasteiger partial charge < -0.3 is 0 Å². The fraction of sp³-hybridized carbons (Fsp3) is 0.500. The Labute approximate surface area is 60.7 Å². The van der Waals surface area contributed by atoms with Crippen LogP contribution in [0.25, 0.3) is 0 Å². The molecule has 1 amide bonds. The van der Waals surface area contributed by atoms with E-state index in [1.165, 1.54) is 5.57 Å². The van der Waals surface area contributed by atoms with Crippen molar-refractivity contribution in [1.29, 1.82) is 0 Å². The zero-order valence-corrected chi connectivity index (χ0v) is 6.35. The number of amides is 1. The Morgan fingerprint density at radius 2 is 2.40 bits per heavy atom. The van der Waals surface area contributed by atoms with Gasteiger partial charge >= 0.3 is 0 Å². The van der Waals surface area contributed by atoms with Crippen molar-refractivity contribution in [2.75, 3.05) is 0 Å². The van der Waals surface area contributed by atoms with Crippen LogP contribution in [0.2, 0.25) is 0 Å². The molecule has 1 aliphatic heterocycles. The maximum atomic E-state index is 11.0. The van der Waals surface area contributed by atoms with Crippen LogP contribution < -0.4 is 0 Å². The Morgan fingerprint density at radius 3 is 2.80 bits per heavy atom. The van der Waals surface area contributed by atoms with E-state index < -0.39 is 0 Å². The van der Waals surface area contributed by atoms with E-state index in [9.17, 15) is 4.79 Å². The van der Waals surface area contributed by atoms with Crippen LogP contribution in [0.15, 0.2) is 16.1 Å². The first kappa shape index (κ1) is 7.19. The Hall–Kier alpha value is -0.920. The SMILES string of the molecule is CCC1=C(C)CC=NC1=O. The minimum Gasteiger partial charge on any atom is -0.267 e. The van der Waals surface area contributed by atoms with Gasteiger partial charge in [0.25, 0.3) is 5.91 Å². The molecule has 0 aromatic rings. The van der Waals surface area contributed by atoms with Crippen LogP contribution in [0.5, 0.6) is 0 Å². The summed E-state index contributed by atoms with van der Waals surface area (Å²) in [7, 11) is 0. The van der Waals surface area contributed by atoms with Crippen LogP contribution >= 0.6 is 0 Å². The average molecular weight is 137 g/mol. The number of rotatable bonds is 1. The van der Waals surface area contributed by atoms with Crippen molar-refractivity contribution in [2.24, 2.45) is 4.99 Å². The lowest BCUT2D eigenvalue weighted by Gasteiger charge is -2.08. The van der Waals surface area contributed by atoms with Crippen LogP contribution in [-0.4, -0.2) is 12.1 Å². The molecule has 0 atom stereocenters. The highest BCUT2D eigenvalue weighted by Gasteiger charge is 2.11. The molecule has 0 saturated heterocycles. The molecule has 0 aromatic carbocycles. The normalized spacial score (nSPS) is 18.4. The highest BCUT2D eigenvalue weighted by atomic mass is 16.1. The number of hydrogen-bond acceptors (Lipinski definition) is 1. The summed E-state index contributed by atoms with van der Waals surface area (Å²) in [5, 5.41) is 0. The highest BCUT2D eigenvalue weighted by Crippen LogP contribution is 2.15. The van der Waals surface area contributed by atoms with E-state index in [0.717, 1.165) is 18.4 Å². The van der Waals surface area contributed by atoms with E-state index in [0.29, 0.717) is 0 Å². The maximum absolute atomic E-state index is 11.0. The van der Waals surface area contributed by atoms with E-state index in [4.69, 9.17) is 0 Å². The van der Waals surface area contributed by atoms with Crippen LogP contribution in [0.3, 0.4) is 0 Å². The second-order valence-electron chi connectivity index (χ2n) is 2.43. The van der Waals surface area contributed by atoms with Gasteiger partial charge in [0, 0.05) is 18.2 Å². The molecule has 1 rings (SSSR count). The number of allylic oxidation sites excluding steroid dienone is 1. The van der Waals surface area contributed by atoms with Gasteiger partial charge in [0.15, 0.2) is 0 Å². The summed E-state index contributed by atoms with van der Waals surface area (Å²) in [5.41, 5.74) is 2.06. The van der Waals surface area contributed by atoms with Crippen LogP contribution in [-0.2, 0) is 4.79 Å². The molecule has 0 bridgehead atoms. The lowest BCUT2D eigenvalue weighted by Crippen LogP contribution is -2.06. The average Bonchev–Trinajstić information content (AvgIpc) is 1.88. The summed E-state index contributed by atoms with van der Waals surface area (Å²) < 4.78 is 0. The highest BCUT2D eigenvalue weighted by molar-refractivity contribution is 6.01. The second-order valence-corrected chi connectivity index (χ2v) is 2.43. The fourth-order valence-corrected chi connectivity index (χ4v) is 1.10. The van der Waals surface area contributed by atoms with Crippen molar-refractivity contribution in [1.82, 2.24) is 0 Å². The maximum Gasteiger partial charge on any atom is 0.272 e. The van der Waals surface area contributed by atoms with Crippen molar-refractivity contribution < 1.29 is 4.79 Å². The standard InChI is InChI=1S/C8H11NO/c1-3-7-6(2)4-5-9-8(7)10/h5H,3-4H2,1-2H3. The number of dihydropyridines is 1. The summed E-state index contributed by atoms with van der Waals surface area (Å²) in [6.07, 6.45) is 3.33. The van der Waals surface area contributed by atoms with Gasteiger partial charge in [-0.25, -0.2) is 4.99 Å². The quantitative estimate of drug-likeness (QED) is 0.541. The fourth-order valence-electron chi connectivity index (χ4n) is 1.10. The third-order valence-electron chi connectivity index (χ3n) is 1.73. The molecule has 0 spiro atoms. The summed E-state index contributed by atoms with van der Waals surface area (Å²) in [6.45, 7) is 3.97. The molecule has 0 unspecified atom stereocenters. The summed E-state index contributed by atoms with van der Waals surface area (Å²) in [4.78, 5) is 14.7. The van der Waals surface area contributed by atoms with Crippen molar-refractivity contribution in [3.05, 3.63) is 11.1 Å². The molecule has 0 aromatic heterocycles. The van der Waals surface area contributed by atoms with Gasteiger partial charge in [-0.05, 0) is 13.3 Å². The molecule has 0 aliphatic carbocycles. The van der Waals surface area contributed by atoms with Crippen molar-refractivity contribution in [2.45, 2.75) is 26.7 Å². The predicted octanol–water partition coefficient (Wildman–Crippen LogP) is 1.71. The molecule has 54 valence electrons. The number of carbonyl (C=O) groups is 1. The smallest absolute Gasteiger partial charge is 0.267 e. The zero-order valence-electron chi connectivity index (χ0n) is 6.35. The minimum absolute atomic E-state index is 0.0498. The lowest BCUT2D eigenvalue weighted by molar-refractivity contribution is -0.114. The Kier molecular flexibility index (Phi) is 2.00. The first-order valence-electron chi connectivity index (χ1n) is 3.51. The molecule has 2 nitrogen and oxygen atoms in total. The first-order valence-corrected chi connectivity index (χ1v) is 3.51. The van der Waals surface area contributed by atoms with Crippen LogP contribution in [0.4, 0.5) is 0 Å². The van der Waals surface area contributed by atoms with Gasteiger partial charge in [0.05, 0.1) is 0 Å². The van der Waals surface area contributed by atoms with Gasteiger partial charge in [-0.15, -0.1) is 0 Å². The van der Waals surface area contributed by atoms with E-state index in [2.05, 4.69) is 4.99 Å². The molecular weight excluding hydrogens is 126 g/mol. The van der Waals surface area contributed by atoms with Crippen molar-refractivity contribution >= 4 is 12.1 Å². The number of aliphatic imine (C=N–C) groups is 1. The third-order valence-corrected chi connectivity index (χ3v) is 1.73. The summed E-state index contributed by atoms with van der Waals surface area (Å²) in [6, 6.07) is 0. The summed E-state index contributed by atoms with van der Waals surface area (Å²) in [5.74, 6) is -0.0498. The van der Waals surface area contributed by atoms with Gasteiger partial charge in [-0.2, -0.15) is 0 Å². The monoisotopic (exact) mass is 137 g/mol. The second kappa shape index (κ2) is 2.78. The predicted molar refractivity (Wildman–Crippen MR) is 41.1 cm³/mol. The van der Waals surface area contributed by atoms with Crippen molar-refractivity contribution in [3.63, 3.8) is 0 Å². The molecule has 0 saturated carbocycles. The van der Waals surface area contributed by atoms with Crippen LogP contribution in [0.1, 0.15) is 26.7 Å². The first-order chi connectivity index (χ1) is 4.75. The van der Waals surface area contributed by atoms with E-state index in [1.807, 2.05) is 13.8 Å². The number of carbonyl (C=O) groups excluding carboxylic acids is 1. The number of hydrogen-bond donors (Lipinski definition) is 0. The summed E-state index contributed by atoms with van der Waals surface area (Å²) >= 11 is 0. The molecule has 1 aliphatic rings. The Morgan fingerprint density at radius 1 is 1.70 bits per heavy atom. The molecular formula is C8H11NO. The third kappa shape index (κ3) is 1.15. The van der Waals surface area contributed by atoms with Gasteiger partial charge in [0.2, 0.25) is 0 Å². The molecule has 10 heavy (non-hydrogen) atoms. The largest absolute Gasteiger partial charge is 0.272 e. The van der Waals surface area contributed by atoms with Crippen molar-refractivity contribution in [3.8, 4) is 0 Å². The van der Waals surface area contributed by atoms with Crippen LogP contribution in [0, 0.1) is 0 Å². The lowest BCUT2D eigenvalue weighted by atomic mass is 10.0. The molecule has 1 heterocycles. The zero-order chi connectivity index (χ0) is 7.56. The molecule has 2 heteroatoms. The molecule has 0 radical (unpaired) electrons. The van der Waals surface area contributed by atoms with E-state index in [1.54, 1.807) is 6.21 Å². The molecule has 0 N–H and O–H groups in total. The van der Waals surface area contributed by atoms with Gasteiger partial charge in [-0.1, -0.05) is 12.5 Å². The molecule has 0 fully saturated rings.